The molecule has 1 saturated heterocycles. The Morgan fingerprint density at radius 2 is 1.90 bits per heavy atom. The topological polar surface area (TPSA) is 114 Å². The lowest BCUT2D eigenvalue weighted by Crippen LogP contribution is -2.36. The van der Waals surface area contributed by atoms with Crippen molar-refractivity contribution in [2.45, 2.75) is 23.8 Å². The van der Waals surface area contributed by atoms with E-state index in [1.165, 1.54) is 12.1 Å². The number of nitrogens with zero attached hydrogens (tertiary/aromatic N) is 2. The number of nitrogens with one attached hydrogen (secondary N) is 2. The Morgan fingerprint density at radius 1 is 1.10 bits per heavy atom. The lowest BCUT2D eigenvalue weighted by Gasteiger charge is -2.24. The highest BCUT2D eigenvalue weighted by atomic mass is 32.2. The fourth-order valence-electron chi connectivity index (χ4n) is 3.38. The summed E-state index contributed by atoms with van der Waals surface area (Å²) >= 11 is 0. The average molecular weight is 442 g/mol. The quantitative estimate of drug-likeness (QED) is 0.602. The minimum absolute atomic E-state index is 0.0163. The summed E-state index contributed by atoms with van der Waals surface area (Å²) in [4.78, 5) is 18.7. The number of ether oxygens (including phenoxy) is 1. The van der Waals surface area contributed by atoms with Crippen LogP contribution in [0.4, 0.5) is 11.7 Å². The van der Waals surface area contributed by atoms with E-state index in [4.69, 9.17) is 9.15 Å². The number of amides is 1. The molecule has 2 N–H and O–H groups in total. The SMILES string of the molecule is O=C(NC1CC1)c1cccc(S(=O)(=O)Nc2ccc3nc(N4CCOCC4)oc3c2)c1. The summed E-state index contributed by atoms with van der Waals surface area (Å²) in [5.74, 6) is -0.265. The normalized spacial score (nSPS) is 17.0. The number of fused-ring (bicyclic) bond motifs is 1. The molecule has 0 unspecified atom stereocenters. The predicted octanol–water partition coefficient (Wildman–Crippen LogP) is 2.36. The first-order chi connectivity index (χ1) is 15.0. The van der Waals surface area contributed by atoms with Gasteiger partial charge in [-0.3, -0.25) is 9.52 Å². The van der Waals surface area contributed by atoms with E-state index in [1.807, 2.05) is 4.90 Å². The van der Waals surface area contributed by atoms with Gasteiger partial charge in [0, 0.05) is 30.8 Å². The Morgan fingerprint density at radius 3 is 2.68 bits per heavy atom. The zero-order chi connectivity index (χ0) is 21.4. The molecule has 1 aromatic heterocycles. The van der Waals surface area contributed by atoms with Crippen molar-refractivity contribution >= 4 is 38.7 Å². The molecule has 1 aliphatic carbocycles. The van der Waals surface area contributed by atoms with Crippen LogP contribution in [0, 0.1) is 0 Å². The van der Waals surface area contributed by atoms with Gasteiger partial charge in [-0.1, -0.05) is 6.07 Å². The summed E-state index contributed by atoms with van der Waals surface area (Å²) in [6.45, 7) is 2.61. The fraction of sp³-hybridized carbons (Fsp3) is 0.333. The molecule has 2 heterocycles. The van der Waals surface area contributed by atoms with Crippen LogP contribution in [0.25, 0.3) is 11.1 Å². The molecule has 1 aliphatic heterocycles. The van der Waals surface area contributed by atoms with Crippen molar-refractivity contribution in [1.82, 2.24) is 10.3 Å². The van der Waals surface area contributed by atoms with E-state index in [9.17, 15) is 13.2 Å². The molecular weight excluding hydrogens is 420 g/mol. The molecule has 0 spiro atoms. The maximum Gasteiger partial charge on any atom is 0.298 e. The Hall–Kier alpha value is -3.11. The Balaban J connectivity index is 1.36. The van der Waals surface area contributed by atoms with Crippen molar-refractivity contribution < 1.29 is 22.4 Å². The summed E-state index contributed by atoms with van der Waals surface area (Å²) in [5.41, 5.74) is 1.79. The summed E-state index contributed by atoms with van der Waals surface area (Å²) in [5, 5.41) is 2.86. The molecular formula is C21H22N4O5S. The molecule has 0 atom stereocenters. The van der Waals surface area contributed by atoms with Gasteiger partial charge in [0.05, 0.1) is 23.8 Å². The average Bonchev–Trinajstić information content (AvgIpc) is 3.49. The fourth-order valence-corrected chi connectivity index (χ4v) is 4.48. The van der Waals surface area contributed by atoms with Gasteiger partial charge < -0.3 is 19.4 Å². The number of sulfonamides is 1. The molecule has 2 aromatic carbocycles. The number of hydrogen-bond acceptors (Lipinski definition) is 7. The number of carbonyl (C=O) groups is 1. The molecule has 0 bridgehead atoms. The largest absolute Gasteiger partial charge is 0.423 e. The van der Waals surface area contributed by atoms with Crippen molar-refractivity contribution in [2.24, 2.45) is 0 Å². The van der Waals surface area contributed by atoms with Crippen LogP contribution in [-0.2, 0) is 14.8 Å². The van der Waals surface area contributed by atoms with E-state index < -0.39 is 10.0 Å². The van der Waals surface area contributed by atoms with Gasteiger partial charge in [-0.05, 0) is 43.2 Å². The maximum absolute atomic E-state index is 12.9. The van der Waals surface area contributed by atoms with E-state index in [0.29, 0.717) is 54.7 Å². The lowest BCUT2D eigenvalue weighted by atomic mass is 10.2. The van der Waals surface area contributed by atoms with Gasteiger partial charge in [0.15, 0.2) is 5.58 Å². The molecule has 1 amide bonds. The number of carbonyl (C=O) groups excluding carboxylic acids is 1. The van der Waals surface area contributed by atoms with E-state index in [1.54, 1.807) is 30.3 Å². The number of oxazole rings is 1. The lowest BCUT2D eigenvalue weighted by molar-refractivity contribution is 0.0951. The van der Waals surface area contributed by atoms with Crippen molar-refractivity contribution in [3.63, 3.8) is 0 Å². The first-order valence-corrected chi connectivity index (χ1v) is 11.6. The van der Waals surface area contributed by atoms with Crippen LogP contribution in [0.1, 0.15) is 23.2 Å². The van der Waals surface area contributed by atoms with Crippen molar-refractivity contribution in [3.05, 3.63) is 48.0 Å². The minimum Gasteiger partial charge on any atom is -0.423 e. The van der Waals surface area contributed by atoms with Crippen LogP contribution in [0.2, 0.25) is 0 Å². The number of aromatic nitrogens is 1. The second kappa shape index (κ2) is 7.86. The van der Waals surface area contributed by atoms with E-state index in [2.05, 4.69) is 15.0 Å². The predicted molar refractivity (Wildman–Crippen MR) is 115 cm³/mol. The van der Waals surface area contributed by atoms with Crippen molar-refractivity contribution in [1.29, 1.82) is 0 Å². The second-order valence-electron chi connectivity index (χ2n) is 7.66. The van der Waals surface area contributed by atoms with E-state index in [-0.39, 0.29) is 16.8 Å². The Labute approximate surface area is 179 Å². The number of morpholine rings is 1. The smallest absolute Gasteiger partial charge is 0.298 e. The molecule has 5 rings (SSSR count). The first kappa shape index (κ1) is 19.8. The zero-order valence-corrected chi connectivity index (χ0v) is 17.5. The van der Waals surface area contributed by atoms with Crippen LogP contribution in [-0.4, -0.2) is 51.7 Å². The second-order valence-corrected chi connectivity index (χ2v) is 9.34. The minimum atomic E-state index is -3.88. The highest BCUT2D eigenvalue weighted by molar-refractivity contribution is 7.92. The van der Waals surface area contributed by atoms with Gasteiger partial charge in [-0.2, -0.15) is 4.98 Å². The van der Waals surface area contributed by atoms with Crippen LogP contribution in [0.5, 0.6) is 0 Å². The van der Waals surface area contributed by atoms with Crippen LogP contribution < -0.4 is 14.9 Å². The number of benzene rings is 2. The van der Waals surface area contributed by atoms with Crippen LogP contribution in [0.3, 0.4) is 0 Å². The standard InChI is InChI=1S/C21H22N4O5S/c26-20(22-15-4-5-15)14-2-1-3-17(12-14)31(27,28)24-16-6-7-18-19(13-16)30-21(23-18)25-8-10-29-11-9-25/h1-3,6-7,12-13,15,24H,4-5,8-11H2,(H,22,26). The first-order valence-electron chi connectivity index (χ1n) is 10.1. The highest BCUT2D eigenvalue weighted by Crippen LogP contribution is 2.27. The molecule has 1 saturated carbocycles. The van der Waals surface area contributed by atoms with E-state index >= 15 is 0 Å². The summed E-state index contributed by atoms with van der Waals surface area (Å²) < 4.78 is 39.5. The molecule has 0 radical (unpaired) electrons. The Kier molecular flexibility index (Phi) is 5.03. The summed E-state index contributed by atoms with van der Waals surface area (Å²) in [6.07, 6.45) is 1.92. The molecule has 31 heavy (non-hydrogen) atoms. The molecule has 3 aromatic rings. The Bertz CT molecular complexity index is 1230. The maximum atomic E-state index is 12.9. The molecule has 10 heteroatoms. The summed E-state index contributed by atoms with van der Waals surface area (Å²) in [6, 6.07) is 11.6. The monoisotopic (exact) mass is 442 g/mol. The van der Waals surface area contributed by atoms with Crippen molar-refractivity contribution in [2.75, 3.05) is 35.9 Å². The van der Waals surface area contributed by atoms with Crippen LogP contribution in [0.15, 0.2) is 51.8 Å². The third-order valence-electron chi connectivity index (χ3n) is 5.23. The number of hydrogen-bond donors (Lipinski definition) is 2. The summed E-state index contributed by atoms with van der Waals surface area (Å²) in [7, 11) is -3.88. The third-order valence-corrected chi connectivity index (χ3v) is 6.61. The van der Waals surface area contributed by atoms with Gasteiger partial charge in [-0.15, -0.1) is 0 Å². The third kappa shape index (κ3) is 4.35. The molecule has 162 valence electrons. The number of anilines is 2. The highest BCUT2D eigenvalue weighted by Gasteiger charge is 2.25. The van der Waals surface area contributed by atoms with Gasteiger partial charge >= 0.3 is 0 Å². The van der Waals surface area contributed by atoms with Crippen LogP contribution >= 0.6 is 0 Å². The number of rotatable bonds is 6. The molecule has 2 aliphatic rings. The molecule has 9 nitrogen and oxygen atoms in total. The van der Waals surface area contributed by atoms with Gasteiger partial charge in [-0.25, -0.2) is 8.42 Å². The van der Waals surface area contributed by atoms with E-state index in [0.717, 1.165) is 12.8 Å². The van der Waals surface area contributed by atoms with Gasteiger partial charge in [0.2, 0.25) is 0 Å². The van der Waals surface area contributed by atoms with Gasteiger partial charge in [0.25, 0.3) is 21.9 Å². The van der Waals surface area contributed by atoms with Gasteiger partial charge in [0.1, 0.15) is 5.52 Å². The molecule has 2 fully saturated rings. The van der Waals surface area contributed by atoms with Crippen molar-refractivity contribution in [3.8, 4) is 0 Å². The zero-order valence-electron chi connectivity index (χ0n) is 16.7.